The predicted molar refractivity (Wildman–Crippen MR) is 66.5 cm³/mol. The van der Waals surface area contributed by atoms with Crippen LogP contribution in [-0.2, 0) is 7.05 Å². The lowest BCUT2D eigenvalue weighted by molar-refractivity contribution is 0.0911. The highest BCUT2D eigenvalue weighted by Gasteiger charge is 2.24. The Hall–Kier alpha value is -1.52. The second-order valence-corrected chi connectivity index (χ2v) is 4.91. The minimum absolute atomic E-state index is 0.102. The third kappa shape index (κ3) is 2.43. The third-order valence-corrected chi connectivity index (χ3v) is 3.66. The zero-order chi connectivity index (χ0) is 12.4. The number of nitrogens with one attached hydrogen (secondary N) is 1. The first-order chi connectivity index (χ1) is 8.09. The van der Waals surface area contributed by atoms with Crippen LogP contribution in [0, 0.1) is 5.92 Å². The molecule has 1 heterocycles. The Morgan fingerprint density at radius 3 is 2.82 bits per heavy atom. The summed E-state index contributed by atoms with van der Waals surface area (Å²) in [4.78, 5) is 12.0. The molecule has 0 aromatic carbocycles. The first kappa shape index (κ1) is 12.0. The molecule has 1 aliphatic carbocycles. The number of carbonyl (C=O) groups is 1. The average molecular weight is 236 g/mol. The van der Waals surface area contributed by atoms with Gasteiger partial charge in [0, 0.05) is 13.1 Å². The number of hydrogen-bond donors (Lipinski definition) is 2. The normalized spacial score (nSPS) is 24.6. The van der Waals surface area contributed by atoms with Gasteiger partial charge in [0.05, 0.1) is 6.20 Å². The molecule has 2 unspecified atom stereocenters. The van der Waals surface area contributed by atoms with E-state index in [0.717, 1.165) is 6.42 Å². The Balaban J connectivity index is 2.03. The molecule has 1 aromatic heterocycles. The minimum Gasteiger partial charge on any atom is -0.383 e. The fourth-order valence-electron chi connectivity index (χ4n) is 2.40. The topological polar surface area (TPSA) is 72.9 Å². The molecule has 1 fully saturated rings. The Bertz CT molecular complexity index is 413. The molecular weight excluding hydrogens is 216 g/mol. The van der Waals surface area contributed by atoms with Crippen LogP contribution < -0.4 is 11.1 Å². The van der Waals surface area contributed by atoms with Crippen LogP contribution in [0.2, 0.25) is 0 Å². The van der Waals surface area contributed by atoms with Crippen LogP contribution in [-0.4, -0.2) is 21.7 Å². The molecule has 1 amide bonds. The van der Waals surface area contributed by atoms with Crippen LogP contribution in [0.1, 0.15) is 43.0 Å². The number of carbonyl (C=O) groups excluding carboxylic acids is 1. The second kappa shape index (κ2) is 4.77. The number of nitrogens with zero attached hydrogens (tertiary/aromatic N) is 2. The van der Waals surface area contributed by atoms with Crippen molar-refractivity contribution in [1.82, 2.24) is 15.1 Å². The number of nitrogen functional groups attached to an aromatic ring is 1. The van der Waals surface area contributed by atoms with Crippen LogP contribution in [0.25, 0.3) is 0 Å². The number of aryl methyl sites for hydroxylation is 1. The van der Waals surface area contributed by atoms with Crippen molar-refractivity contribution in [1.29, 1.82) is 0 Å². The smallest absolute Gasteiger partial charge is 0.256 e. The van der Waals surface area contributed by atoms with Crippen molar-refractivity contribution >= 4 is 11.7 Å². The van der Waals surface area contributed by atoms with Gasteiger partial charge in [0.15, 0.2) is 0 Å². The van der Waals surface area contributed by atoms with E-state index in [1.165, 1.54) is 30.1 Å². The lowest BCUT2D eigenvalue weighted by Gasteiger charge is -2.29. The maximum Gasteiger partial charge on any atom is 0.256 e. The van der Waals surface area contributed by atoms with Gasteiger partial charge in [-0.15, -0.1) is 0 Å². The fraction of sp³-hybridized carbons (Fsp3) is 0.667. The quantitative estimate of drug-likeness (QED) is 0.813. The van der Waals surface area contributed by atoms with Gasteiger partial charge < -0.3 is 11.1 Å². The molecule has 17 heavy (non-hydrogen) atoms. The number of rotatable bonds is 2. The number of hydrogen-bond acceptors (Lipinski definition) is 3. The average Bonchev–Trinajstić information content (AvgIpc) is 2.63. The molecule has 0 aliphatic heterocycles. The predicted octanol–water partition coefficient (Wildman–Crippen LogP) is 1.31. The van der Waals surface area contributed by atoms with Gasteiger partial charge >= 0.3 is 0 Å². The summed E-state index contributed by atoms with van der Waals surface area (Å²) in [6.45, 7) is 2.19. The molecule has 2 atom stereocenters. The summed E-state index contributed by atoms with van der Waals surface area (Å²) in [6.07, 6.45) is 6.24. The maximum atomic E-state index is 12.0. The molecule has 0 bridgehead atoms. The SMILES string of the molecule is CC1CCCCC1NC(=O)c1cnn(C)c1N. The summed E-state index contributed by atoms with van der Waals surface area (Å²) < 4.78 is 1.51. The van der Waals surface area contributed by atoms with E-state index < -0.39 is 0 Å². The number of nitrogens with two attached hydrogens (primary N) is 1. The van der Waals surface area contributed by atoms with Crippen LogP contribution >= 0.6 is 0 Å². The van der Waals surface area contributed by atoms with Crippen LogP contribution in [0.5, 0.6) is 0 Å². The molecule has 3 N–H and O–H groups in total. The summed E-state index contributed by atoms with van der Waals surface area (Å²) in [5.41, 5.74) is 6.26. The molecule has 5 heteroatoms. The van der Waals surface area contributed by atoms with E-state index in [-0.39, 0.29) is 11.9 Å². The van der Waals surface area contributed by atoms with Crippen molar-refractivity contribution in [2.45, 2.75) is 38.6 Å². The Kier molecular flexibility index (Phi) is 3.36. The summed E-state index contributed by atoms with van der Waals surface area (Å²) in [5.74, 6) is 0.867. The first-order valence-electron chi connectivity index (χ1n) is 6.18. The van der Waals surface area contributed by atoms with Crippen LogP contribution in [0.15, 0.2) is 6.20 Å². The Morgan fingerprint density at radius 1 is 1.53 bits per heavy atom. The number of aromatic nitrogens is 2. The highest BCUT2D eigenvalue weighted by Crippen LogP contribution is 2.24. The van der Waals surface area contributed by atoms with Crippen LogP contribution in [0.4, 0.5) is 5.82 Å². The zero-order valence-corrected chi connectivity index (χ0v) is 10.4. The van der Waals surface area contributed by atoms with Crippen molar-refractivity contribution in [3.63, 3.8) is 0 Å². The van der Waals surface area contributed by atoms with E-state index in [0.29, 0.717) is 17.3 Å². The van der Waals surface area contributed by atoms with Gasteiger partial charge in [-0.3, -0.25) is 9.48 Å². The van der Waals surface area contributed by atoms with E-state index in [1.807, 2.05) is 0 Å². The first-order valence-corrected chi connectivity index (χ1v) is 6.18. The molecule has 1 aromatic rings. The standard InChI is InChI=1S/C12H20N4O/c1-8-5-3-4-6-10(8)15-12(17)9-7-14-16(2)11(9)13/h7-8,10H,3-6,13H2,1-2H3,(H,15,17). The largest absolute Gasteiger partial charge is 0.383 e. The van der Waals surface area contributed by atoms with Gasteiger partial charge in [-0.25, -0.2) is 0 Å². The second-order valence-electron chi connectivity index (χ2n) is 4.91. The molecule has 0 radical (unpaired) electrons. The summed E-state index contributed by atoms with van der Waals surface area (Å²) in [7, 11) is 1.73. The van der Waals surface area contributed by atoms with Gasteiger partial charge in [0.1, 0.15) is 11.4 Å². The molecule has 94 valence electrons. The number of amides is 1. The molecular formula is C12H20N4O. The summed E-state index contributed by atoms with van der Waals surface area (Å²) >= 11 is 0. The highest BCUT2D eigenvalue weighted by molar-refractivity contribution is 5.98. The van der Waals surface area contributed by atoms with E-state index in [4.69, 9.17) is 5.73 Å². The van der Waals surface area contributed by atoms with Crippen molar-refractivity contribution in [2.75, 3.05) is 5.73 Å². The van der Waals surface area contributed by atoms with Crippen molar-refractivity contribution < 1.29 is 4.79 Å². The maximum absolute atomic E-state index is 12.0. The molecule has 1 aliphatic rings. The van der Waals surface area contributed by atoms with Gasteiger partial charge in [0.25, 0.3) is 5.91 Å². The molecule has 5 nitrogen and oxygen atoms in total. The molecule has 2 rings (SSSR count). The lowest BCUT2D eigenvalue weighted by atomic mass is 9.86. The van der Waals surface area contributed by atoms with E-state index in [9.17, 15) is 4.79 Å². The lowest BCUT2D eigenvalue weighted by Crippen LogP contribution is -2.41. The molecule has 1 saturated carbocycles. The van der Waals surface area contributed by atoms with Crippen LogP contribution in [0.3, 0.4) is 0 Å². The summed E-state index contributed by atoms with van der Waals surface area (Å²) in [6, 6.07) is 0.274. The monoisotopic (exact) mass is 236 g/mol. The summed E-state index contributed by atoms with van der Waals surface area (Å²) in [5, 5.41) is 7.05. The third-order valence-electron chi connectivity index (χ3n) is 3.66. The zero-order valence-electron chi connectivity index (χ0n) is 10.4. The van der Waals surface area contributed by atoms with E-state index >= 15 is 0 Å². The van der Waals surface area contributed by atoms with E-state index in [1.54, 1.807) is 7.05 Å². The minimum atomic E-state index is -0.102. The van der Waals surface area contributed by atoms with Gasteiger partial charge in [-0.05, 0) is 18.8 Å². The molecule has 0 spiro atoms. The van der Waals surface area contributed by atoms with Crippen molar-refractivity contribution in [2.24, 2.45) is 13.0 Å². The van der Waals surface area contributed by atoms with Gasteiger partial charge in [-0.1, -0.05) is 19.8 Å². The van der Waals surface area contributed by atoms with Crippen molar-refractivity contribution in [3.8, 4) is 0 Å². The number of anilines is 1. The van der Waals surface area contributed by atoms with E-state index in [2.05, 4.69) is 17.3 Å². The Labute approximate surface area is 101 Å². The van der Waals surface area contributed by atoms with Gasteiger partial charge in [0.2, 0.25) is 0 Å². The fourth-order valence-corrected chi connectivity index (χ4v) is 2.40. The highest BCUT2D eigenvalue weighted by atomic mass is 16.1. The van der Waals surface area contributed by atoms with Gasteiger partial charge in [-0.2, -0.15) is 5.10 Å². The molecule has 0 saturated heterocycles. The Morgan fingerprint density at radius 2 is 2.24 bits per heavy atom. The van der Waals surface area contributed by atoms with Crippen molar-refractivity contribution in [3.05, 3.63) is 11.8 Å².